The fraction of sp³-hybridized carbons (Fsp3) is 0.667. The third kappa shape index (κ3) is 8.20. The number of hydrogen-bond acceptors (Lipinski definition) is 1. The first kappa shape index (κ1) is 11.3. The summed E-state index contributed by atoms with van der Waals surface area (Å²) in [7, 11) is 0. The minimum Gasteiger partial charge on any atom is -0.322 e. The van der Waals surface area contributed by atoms with Crippen molar-refractivity contribution in [3.63, 3.8) is 0 Å². The zero-order valence-corrected chi connectivity index (χ0v) is 9.60. The molecule has 11 heavy (non-hydrogen) atoms. The molecule has 0 aliphatic rings. The predicted octanol–water partition coefficient (Wildman–Crippen LogP) is 2.81. The molecule has 0 aliphatic carbocycles. The van der Waals surface area contributed by atoms with Crippen LogP contribution >= 0.6 is 20.7 Å². The Kier molecular flexibility index (Phi) is 8.63. The molecule has 0 fully saturated rings. The average Bonchev–Trinajstić information content (AvgIpc) is 1.99. The summed E-state index contributed by atoms with van der Waals surface area (Å²) in [6.07, 6.45) is 5.92. The van der Waals surface area contributed by atoms with Gasteiger partial charge in [-0.2, -0.15) is 0 Å². The fourth-order valence-corrected chi connectivity index (χ4v) is 1.98. The number of allylic oxidation sites excluding steroid dienone is 2. The highest BCUT2D eigenvalue weighted by Crippen LogP contribution is 2.04. The number of halogens is 1. The van der Waals surface area contributed by atoms with Gasteiger partial charge in [-0.15, -0.1) is 20.7 Å². The van der Waals surface area contributed by atoms with Crippen molar-refractivity contribution in [1.29, 1.82) is 0 Å². The molecule has 0 aliphatic heterocycles. The van der Waals surface area contributed by atoms with Crippen molar-refractivity contribution in [2.24, 2.45) is 5.73 Å². The van der Waals surface area contributed by atoms with E-state index in [2.05, 4.69) is 23.9 Å². The molecule has 2 N–H and O–H groups in total. The van der Waals surface area contributed by atoms with Crippen LogP contribution in [-0.2, 0) is 0 Å². The summed E-state index contributed by atoms with van der Waals surface area (Å²) in [5.41, 5.74) is 6.93. The second kappa shape index (κ2) is 8.40. The second-order valence-corrected chi connectivity index (χ2v) is 5.10. The maximum Gasteiger partial charge on any atom is 0.0403 e. The van der Waals surface area contributed by atoms with Gasteiger partial charge in [0, 0.05) is 4.55 Å². The van der Waals surface area contributed by atoms with Crippen molar-refractivity contribution in [2.75, 3.05) is 4.55 Å². The molecule has 0 spiro atoms. The fourth-order valence-electron chi connectivity index (χ4n) is 0.873. The van der Waals surface area contributed by atoms with Crippen LogP contribution in [0.5, 0.6) is 0 Å². The Balaban J connectivity index is 3.38. The van der Waals surface area contributed by atoms with Crippen LogP contribution in [0.4, 0.5) is 0 Å². The molecule has 0 saturated heterocycles. The van der Waals surface area contributed by atoms with Crippen LogP contribution < -0.4 is 5.73 Å². The van der Waals surface area contributed by atoms with Crippen molar-refractivity contribution in [3.05, 3.63) is 11.6 Å². The highest BCUT2D eigenvalue weighted by molar-refractivity contribution is 14.2. The maximum atomic E-state index is 5.41. The monoisotopic (exact) mass is 267 g/mol. The lowest BCUT2D eigenvalue weighted by Crippen LogP contribution is -1.87. The highest BCUT2D eigenvalue weighted by Gasteiger charge is 1.85. The van der Waals surface area contributed by atoms with Crippen molar-refractivity contribution >= 4 is 24.7 Å². The van der Waals surface area contributed by atoms with Crippen LogP contribution in [0.25, 0.3) is 0 Å². The molecule has 66 valence electrons. The summed E-state index contributed by atoms with van der Waals surface area (Å²) in [6, 6.07) is 0. The van der Waals surface area contributed by atoms with Crippen LogP contribution in [0.2, 0.25) is 0 Å². The van der Waals surface area contributed by atoms with Crippen molar-refractivity contribution in [2.45, 2.75) is 33.1 Å². The summed E-state index contributed by atoms with van der Waals surface area (Å²) >= 11 is 0.212. The molecule has 0 bridgehead atoms. The predicted molar refractivity (Wildman–Crippen MR) is 62.4 cm³/mol. The van der Waals surface area contributed by atoms with Crippen molar-refractivity contribution in [3.8, 4) is 0 Å². The molecule has 0 heterocycles. The lowest BCUT2D eigenvalue weighted by atomic mass is 10.1. The molecule has 0 aromatic rings. The molecular formula is C9H18IN. The molecule has 0 unspecified atom stereocenters. The Morgan fingerprint density at radius 3 is 2.82 bits per heavy atom. The van der Waals surface area contributed by atoms with Gasteiger partial charge in [-0.3, -0.25) is 0 Å². The van der Waals surface area contributed by atoms with E-state index in [0.29, 0.717) is 0 Å². The van der Waals surface area contributed by atoms with Gasteiger partial charge in [-0.25, -0.2) is 0 Å². The largest absolute Gasteiger partial charge is 0.322 e. The SMILES string of the molecule is CC/C=C(/C)CCC=ICN. The van der Waals surface area contributed by atoms with Crippen LogP contribution in [0.3, 0.4) is 0 Å². The van der Waals surface area contributed by atoms with Gasteiger partial charge in [0.25, 0.3) is 0 Å². The molecular weight excluding hydrogens is 249 g/mol. The zero-order valence-electron chi connectivity index (χ0n) is 7.44. The van der Waals surface area contributed by atoms with E-state index in [9.17, 15) is 0 Å². The van der Waals surface area contributed by atoms with Gasteiger partial charge >= 0.3 is 0 Å². The summed E-state index contributed by atoms with van der Waals surface area (Å²) in [4.78, 5) is 0. The molecule has 2 heteroatoms. The first-order chi connectivity index (χ1) is 5.31. The number of rotatable bonds is 5. The number of alkyl halides is 1. The quantitative estimate of drug-likeness (QED) is 0.352. The van der Waals surface area contributed by atoms with Crippen molar-refractivity contribution < 1.29 is 0 Å². The molecule has 0 amide bonds. The minimum absolute atomic E-state index is 0.212. The Morgan fingerprint density at radius 2 is 2.27 bits per heavy atom. The third-order valence-corrected chi connectivity index (χ3v) is 3.15. The minimum atomic E-state index is 0.212. The van der Waals surface area contributed by atoms with Gasteiger partial charge in [-0.1, -0.05) is 22.6 Å². The molecule has 0 aromatic carbocycles. The Labute approximate surface area is 79.8 Å². The van der Waals surface area contributed by atoms with Gasteiger partial charge in [0.1, 0.15) is 0 Å². The molecule has 0 atom stereocenters. The van der Waals surface area contributed by atoms with E-state index >= 15 is 0 Å². The Morgan fingerprint density at radius 1 is 1.55 bits per heavy atom. The van der Waals surface area contributed by atoms with Crippen LogP contribution in [0, 0.1) is 0 Å². The number of nitrogens with two attached hydrogens (primary N) is 1. The first-order valence-corrected chi connectivity index (χ1v) is 6.83. The van der Waals surface area contributed by atoms with Gasteiger partial charge in [-0.05, 0) is 26.2 Å². The summed E-state index contributed by atoms with van der Waals surface area (Å²) in [6.45, 7) is 4.39. The van der Waals surface area contributed by atoms with Gasteiger partial charge in [0.2, 0.25) is 0 Å². The van der Waals surface area contributed by atoms with E-state index in [0.717, 1.165) is 11.0 Å². The van der Waals surface area contributed by atoms with E-state index in [-0.39, 0.29) is 20.7 Å². The Hall–Kier alpha value is 0.300. The lowest BCUT2D eigenvalue weighted by Gasteiger charge is -1.95. The molecule has 0 radical (unpaired) electrons. The van der Waals surface area contributed by atoms with Crippen LogP contribution in [-0.4, -0.2) is 8.56 Å². The smallest absolute Gasteiger partial charge is 0.0403 e. The first-order valence-electron chi connectivity index (χ1n) is 4.06. The zero-order chi connectivity index (χ0) is 8.53. The maximum absolute atomic E-state index is 5.41. The topological polar surface area (TPSA) is 26.0 Å². The van der Waals surface area contributed by atoms with Crippen LogP contribution in [0.1, 0.15) is 33.1 Å². The lowest BCUT2D eigenvalue weighted by molar-refractivity contribution is 1.01. The summed E-state index contributed by atoms with van der Waals surface area (Å²) < 4.78 is 3.28. The summed E-state index contributed by atoms with van der Waals surface area (Å²) in [5.74, 6) is 0. The van der Waals surface area contributed by atoms with Gasteiger partial charge in [0.05, 0.1) is 0 Å². The van der Waals surface area contributed by atoms with E-state index in [1.165, 1.54) is 18.4 Å². The molecule has 0 saturated carbocycles. The summed E-state index contributed by atoms with van der Waals surface area (Å²) in [5, 5.41) is 0. The Bertz CT molecular complexity index is 138. The number of hydrogen-bond donors (Lipinski definition) is 1. The molecule has 1 nitrogen and oxygen atoms in total. The normalized spacial score (nSPS) is 13.5. The van der Waals surface area contributed by atoms with E-state index < -0.39 is 0 Å². The van der Waals surface area contributed by atoms with E-state index in [1.54, 1.807) is 0 Å². The molecule has 0 aromatic heterocycles. The van der Waals surface area contributed by atoms with E-state index in [1.807, 2.05) is 0 Å². The molecule has 0 rings (SSSR count). The van der Waals surface area contributed by atoms with Gasteiger partial charge < -0.3 is 5.73 Å². The van der Waals surface area contributed by atoms with Crippen LogP contribution in [0.15, 0.2) is 11.6 Å². The third-order valence-electron chi connectivity index (χ3n) is 1.40. The standard InChI is InChI=1S/C9H18IN/c1-3-5-9(2)6-4-7-10-8-11/h5,7H,3-4,6,8,11H2,1-2H3/b9-5-. The van der Waals surface area contributed by atoms with Gasteiger partial charge in [0.15, 0.2) is 0 Å². The highest BCUT2D eigenvalue weighted by atomic mass is 127. The second-order valence-electron chi connectivity index (χ2n) is 2.46. The average molecular weight is 267 g/mol. The van der Waals surface area contributed by atoms with Crippen molar-refractivity contribution in [1.82, 2.24) is 0 Å². The van der Waals surface area contributed by atoms with E-state index in [4.69, 9.17) is 5.73 Å².